The number of likely N-dealkylation sites (tertiary alicyclic amines) is 1. The second-order valence-electron chi connectivity index (χ2n) is 5.63. The first-order chi connectivity index (χ1) is 9.16. The van der Waals surface area contributed by atoms with E-state index in [1.54, 1.807) is 0 Å². The topological polar surface area (TPSA) is 32.3 Å². The lowest BCUT2D eigenvalue weighted by molar-refractivity contribution is 0.0642. The van der Waals surface area contributed by atoms with Crippen LogP contribution in [0.1, 0.15) is 22.3 Å². The zero-order valence-corrected chi connectivity index (χ0v) is 11.9. The third kappa shape index (κ3) is 2.37. The third-order valence-corrected chi connectivity index (χ3v) is 4.90. The molecular weight excluding hydrogens is 260 g/mol. The van der Waals surface area contributed by atoms with Gasteiger partial charge in [0.15, 0.2) is 0 Å². The second kappa shape index (κ2) is 5.14. The van der Waals surface area contributed by atoms with Crippen molar-refractivity contribution in [3.8, 4) is 0 Å². The van der Waals surface area contributed by atoms with Crippen LogP contribution in [0.25, 0.3) is 0 Å². The summed E-state index contributed by atoms with van der Waals surface area (Å²) in [5.41, 5.74) is 1.64. The van der Waals surface area contributed by atoms with Gasteiger partial charge in [-0.05, 0) is 56.0 Å². The molecule has 1 amide bonds. The number of nitrogens with one attached hydrogen (secondary N) is 1. The molecule has 3 rings (SSSR count). The van der Waals surface area contributed by atoms with Gasteiger partial charge in [-0.1, -0.05) is 17.7 Å². The molecule has 0 aromatic heterocycles. The van der Waals surface area contributed by atoms with E-state index in [2.05, 4.69) is 5.32 Å². The van der Waals surface area contributed by atoms with Gasteiger partial charge in [0, 0.05) is 23.7 Å². The van der Waals surface area contributed by atoms with Crippen LogP contribution in [-0.2, 0) is 0 Å². The molecule has 0 saturated carbocycles. The summed E-state index contributed by atoms with van der Waals surface area (Å²) in [5, 5.41) is 4.09. The van der Waals surface area contributed by atoms with Crippen LogP contribution < -0.4 is 5.32 Å². The molecule has 2 saturated heterocycles. The fourth-order valence-electron chi connectivity index (χ4n) is 3.23. The maximum atomic E-state index is 12.6. The van der Waals surface area contributed by atoms with Gasteiger partial charge in [-0.2, -0.15) is 0 Å². The summed E-state index contributed by atoms with van der Waals surface area (Å²) in [5.74, 6) is 1.51. The summed E-state index contributed by atoms with van der Waals surface area (Å²) in [6, 6.07) is 5.57. The van der Waals surface area contributed by atoms with Gasteiger partial charge in [0.05, 0.1) is 0 Å². The molecule has 3 nitrogen and oxygen atoms in total. The lowest BCUT2D eigenvalue weighted by atomic mass is 9.88. The van der Waals surface area contributed by atoms with Gasteiger partial charge in [0.25, 0.3) is 5.91 Å². The van der Waals surface area contributed by atoms with Crippen LogP contribution in [0.3, 0.4) is 0 Å². The van der Waals surface area contributed by atoms with E-state index < -0.39 is 0 Å². The van der Waals surface area contributed by atoms with E-state index >= 15 is 0 Å². The summed E-state index contributed by atoms with van der Waals surface area (Å²) in [4.78, 5) is 14.6. The van der Waals surface area contributed by atoms with E-state index in [-0.39, 0.29) is 5.91 Å². The summed E-state index contributed by atoms with van der Waals surface area (Å²) in [6.45, 7) is 5.82. The van der Waals surface area contributed by atoms with Crippen LogP contribution in [0.15, 0.2) is 18.2 Å². The molecule has 19 heavy (non-hydrogen) atoms. The molecule has 1 aromatic rings. The predicted octanol–water partition coefficient (Wildman–Crippen LogP) is 2.33. The Kier molecular flexibility index (Phi) is 3.50. The van der Waals surface area contributed by atoms with Crippen LogP contribution in [-0.4, -0.2) is 37.0 Å². The zero-order valence-electron chi connectivity index (χ0n) is 11.2. The Hall–Kier alpha value is -1.06. The van der Waals surface area contributed by atoms with Crippen molar-refractivity contribution in [2.75, 3.05) is 26.2 Å². The van der Waals surface area contributed by atoms with Crippen LogP contribution >= 0.6 is 11.6 Å². The smallest absolute Gasteiger partial charge is 0.254 e. The van der Waals surface area contributed by atoms with Crippen LogP contribution in [0, 0.1) is 18.8 Å². The van der Waals surface area contributed by atoms with Crippen molar-refractivity contribution >= 4 is 17.5 Å². The lowest BCUT2D eigenvalue weighted by Crippen LogP contribution is -2.43. The first-order valence-corrected chi connectivity index (χ1v) is 7.29. The van der Waals surface area contributed by atoms with Gasteiger partial charge >= 0.3 is 0 Å². The number of hydrogen-bond donors (Lipinski definition) is 1. The number of carbonyl (C=O) groups is 1. The van der Waals surface area contributed by atoms with Crippen molar-refractivity contribution in [1.29, 1.82) is 0 Å². The minimum Gasteiger partial charge on any atom is -0.338 e. The standard InChI is InChI=1S/C15H19ClN2O/c1-10-13(3-2-4-14(10)16)15(19)18-6-5-11-7-17-8-12(11)9-18/h2-4,11-12,17H,5-9H2,1H3. The molecule has 0 spiro atoms. The maximum Gasteiger partial charge on any atom is 0.254 e. The van der Waals surface area contributed by atoms with E-state index in [0.717, 1.165) is 49.6 Å². The molecule has 102 valence electrons. The number of halogens is 1. The largest absolute Gasteiger partial charge is 0.338 e. The molecular formula is C15H19ClN2O. The first-order valence-electron chi connectivity index (χ1n) is 6.92. The Morgan fingerprint density at radius 2 is 2.16 bits per heavy atom. The van der Waals surface area contributed by atoms with Crippen molar-refractivity contribution in [1.82, 2.24) is 10.2 Å². The Morgan fingerprint density at radius 1 is 1.37 bits per heavy atom. The average molecular weight is 279 g/mol. The van der Waals surface area contributed by atoms with Gasteiger partial charge in [0.1, 0.15) is 0 Å². The number of nitrogens with zero attached hydrogens (tertiary/aromatic N) is 1. The fourth-order valence-corrected chi connectivity index (χ4v) is 3.40. The number of fused-ring (bicyclic) bond motifs is 1. The highest BCUT2D eigenvalue weighted by Gasteiger charge is 2.34. The van der Waals surface area contributed by atoms with E-state index in [1.165, 1.54) is 0 Å². The second-order valence-corrected chi connectivity index (χ2v) is 6.04. The number of amides is 1. The SMILES string of the molecule is Cc1c(Cl)cccc1C(=O)N1CCC2CNCC2C1. The highest BCUT2D eigenvalue weighted by Crippen LogP contribution is 2.28. The maximum absolute atomic E-state index is 12.6. The molecule has 0 aliphatic carbocycles. The molecule has 2 unspecified atom stereocenters. The van der Waals surface area contributed by atoms with Crippen LogP contribution in [0.2, 0.25) is 5.02 Å². The summed E-state index contributed by atoms with van der Waals surface area (Å²) >= 11 is 6.11. The number of rotatable bonds is 1. The van der Waals surface area contributed by atoms with E-state index in [4.69, 9.17) is 11.6 Å². The van der Waals surface area contributed by atoms with Gasteiger partial charge in [-0.15, -0.1) is 0 Å². The molecule has 0 bridgehead atoms. The predicted molar refractivity (Wildman–Crippen MR) is 76.6 cm³/mol. The third-order valence-electron chi connectivity index (χ3n) is 4.49. The number of piperidine rings is 1. The van der Waals surface area contributed by atoms with Gasteiger partial charge in [-0.25, -0.2) is 0 Å². The van der Waals surface area contributed by atoms with Crippen molar-refractivity contribution in [2.45, 2.75) is 13.3 Å². The number of hydrogen-bond acceptors (Lipinski definition) is 2. The molecule has 0 radical (unpaired) electrons. The first kappa shape index (κ1) is 12.9. The van der Waals surface area contributed by atoms with Gasteiger partial charge in [0.2, 0.25) is 0 Å². The van der Waals surface area contributed by atoms with E-state index in [0.29, 0.717) is 10.9 Å². The van der Waals surface area contributed by atoms with Gasteiger partial charge < -0.3 is 10.2 Å². The molecule has 1 N–H and O–H groups in total. The Balaban J connectivity index is 1.79. The molecule has 2 heterocycles. The molecule has 4 heteroatoms. The number of benzene rings is 1. The Labute approximate surface area is 118 Å². The minimum atomic E-state index is 0.130. The average Bonchev–Trinajstić information content (AvgIpc) is 2.88. The molecule has 2 fully saturated rings. The molecule has 2 atom stereocenters. The van der Waals surface area contributed by atoms with Crippen molar-refractivity contribution in [2.24, 2.45) is 11.8 Å². The van der Waals surface area contributed by atoms with Crippen LogP contribution in [0.4, 0.5) is 0 Å². The Bertz CT molecular complexity index is 503. The molecule has 2 aliphatic rings. The highest BCUT2D eigenvalue weighted by atomic mass is 35.5. The summed E-state index contributed by atoms with van der Waals surface area (Å²) in [7, 11) is 0. The molecule has 2 aliphatic heterocycles. The highest BCUT2D eigenvalue weighted by molar-refractivity contribution is 6.31. The molecule has 1 aromatic carbocycles. The normalized spacial score (nSPS) is 26.3. The summed E-state index contributed by atoms with van der Waals surface area (Å²) in [6.07, 6.45) is 1.11. The lowest BCUT2D eigenvalue weighted by Gasteiger charge is -2.34. The van der Waals surface area contributed by atoms with Crippen molar-refractivity contribution in [3.05, 3.63) is 34.3 Å². The summed E-state index contributed by atoms with van der Waals surface area (Å²) < 4.78 is 0. The van der Waals surface area contributed by atoms with Crippen molar-refractivity contribution in [3.63, 3.8) is 0 Å². The van der Waals surface area contributed by atoms with E-state index in [1.807, 2.05) is 30.0 Å². The minimum absolute atomic E-state index is 0.130. The zero-order chi connectivity index (χ0) is 13.4. The Morgan fingerprint density at radius 3 is 3.00 bits per heavy atom. The quantitative estimate of drug-likeness (QED) is 0.855. The van der Waals surface area contributed by atoms with Crippen molar-refractivity contribution < 1.29 is 4.79 Å². The fraction of sp³-hybridized carbons (Fsp3) is 0.533. The number of carbonyl (C=O) groups excluding carboxylic acids is 1. The monoisotopic (exact) mass is 278 g/mol. The van der Waals surface area contributed by atoms with Gasteiger partial charge in [-0.3, -0.25) is 4.79 Å². The van der Waals surface area contributed by atoms with E-state index in [9.17, 15) is 4.79 Å². The van der Waals surface area contributed by atoms with Crippen LogP contribution in [0.5, 0.6) is 0 Å².